The van der Waals surface area contributed by atoms with E-state index >= 15 is 0 Å². The average molecular weight is 269 g/mol. The minimum Gasteiger partial charge on any atom is -0.396 e. The molecule has 3 heteroatoms. The van der Waals surface area contributed by atoms with Gasteiger partial charge in [-0.3, -0.25) is 0 Å². The van der Waals surface area contributed by atoms with Crippen molar-refractivity contribution in [3.63, 3.8) is 0 Å². The molecule has 19 heavy (non-hydrogen) atoms. The van der Waals surface area contributed by atoms with Crippen molar-refractivity contribution in [1.82, 2.24) is 5.32 Å². The molecule has 1 unspecified atom stereocenters. The van der Waals surface area contributed by atoms with Crippen LogP contribution in [-0.4, -0.2) is 35.5 Å². The van der Waals surface area contributed by atoms with E-state index in [-0.39, 0.29) is 16.6 Å². The van der Waals surface area contributed by atoms with Gasteiger partial charge >= 0.3 is 0 Å². The van der Waals surface area contributed by atoms with Crippen LogP contribution < -0.4 is 5.32 Å². The van der Waals surface area contributed by atoms with E-state index in [9.17, 15) is 5.11 Å². The number of aliphatic hydroxyl groups is 1. The third kappa shape index (κ3) is 3.50. The van der Waals surface area contributed by atoms with E-state index in [2.05, 4.69) is 33.0 Å². The Morgan fingerprint density at radius 2 is 1.74 bits per heavy atom. The van der Waals surface area contributed by atoms with Gasteiger partial charge in [0.25, 0.3) is 0 Å². The smallest absolute Gasteiger partial charge is 0.0787 e. The molecule has 1 heterocycles. The summed E-state index contributed by atoms with van der Waals surface area (Å²) in [5.74, 6) is 0. The highest BCUT2D eigenvalue weighted by Gasteiger charge is 2.46. The summed E-state index contributed by atoms with van der Waals surface area (Å²) in [6.45, 7) is 9.92. The van der Waals surface area contributed by atoms with Crippen LogP contribution in [0, 0.1) is 5.41 Å². The first-order valence-corrected chi connectivity index (χ1v) is 7.83. The van der Waals surface area contributed by atoms with Crippen LogP contribution in [0.15, 0.2) is 0 Å². The lowest BCUT2D eigenvalue weighted by atomic mass is 9.74. The van der Waals surface area contributed by atoms with Crippen molar-refractivity contribution in [3.05, 3.63) is 0 Å². The molecule has 3 nitrogen and oxygen atoms in total. The first kappa shape index (κ1) is 15.3. The molecule has 0 bridgehead atoms. The van der Waals surface area contributed by atoms with Gasteiger partial charge in [0.05, 0.1) is 11.2 Å². The molecule has 0 radical (unpaired) electrons. The van der Waals surface area contributed by atoms with E-state index in [0.29, 0.717) is 12.6 Å². The van der Waals surface area contributed by atoms with Crippen molar-refractivity contribution < 1.29 is 9.84 Å². The highest BCUT2D eigenvalue weighted by Crippen LogP contribution is 2.39. The van der Waals surface area contributed by atoms with Crippen LogP contribution in [-0.2, 0) is 4.74 Å². The fraction of sp³-hybridized carbons (Fsp3) is 1.00. The van der Waals surface area contributed by atoms with Gasteiger partial charge in [0.1, 0.15) is 0 Å². The monoisotopic (exact) mass is 269 g/mol. The molecule has 0 aromatic rings. The van der Waals surface area contributed by atoms with Crippen molar-refractivity contribution in [3.8, 4) is 0 Å². The van der Waals surface area contributed by atoms with Gasteiger partial charge in [-0.1, -0.05) is 19.3 Å². The largest absolute Gasteiger partial charge is 0.396 e. The van der Waals surface area contributed by atoms with Gasteiger partial charge in [0.2, 0.25) is 0 Å². The van der Waals surface area contributed by atoms with E-state index in [1.54, 1.807) is 0 Å². The molecule has 0 spiro atoms. The molecular formula is C16H31NO2. The lowest BCUT2D eigenvalue weighted by Crippen LogP contribution is -2.49. The minimum absolute atomic E-state index is 0.0416. The zero-order valence-electron chi connectivity index (χ0n) is 13.1. The summed E-state index contributed by atoms with van der Waals surface area (Å²) >= 11 is 0. The van der Waals surface area contributed by atoms with Gasteiger partial charge in [-0.15, -0.1) is 0 Å². The summed E-state index contributed by atoms with van der Waals surface area (Å²) in [4.78, 5) is 0. The number of ether oxygens (including phenoxy) is 1. The van der Waals surface area contributed by atoms with Gasteiger partial charge in [0.15, 0.2) is 0 Å². The SMILES string of the molecule is CC1(C)CC(NCC2(CO)CCCCC2)C(C)(C)O1. The Morgan fingerprint density at radius 3 is 2.21 bits per heavy atom. The molecule has 1 aliphatic heterocycles. The van der Waals surface area contributed by atoms with Crippen molar-refractivity contribution in [2.24, 2.45) is 5.41 Å². The normalized spacial score (nSPS) is 32.4. The number of nitrogens with one attached hydrogen (secondary N) is 1. The van der Waals surface area contributed by atoms with Crippen molar-refractivity contribution in [2.75, 3.05) is 13.2 Å². The van der Waals surface area contributed by atoms with Crippen LogP contribution in [0.1, 0.15) is 66.2 Å². The molecule has 2 aliphatic rings. The van der Waals surface area contributed by atoms with Crippen LogP contribution in [0.4, 0.5) is 0 Å². The highest BCUT2D eigenvalue weighted by molar-refractivity contribution is 5.00. The first-order chi connectivity index (χ1) is 8.79. The Labute approximate surface area is 118 Å². The maximum absolute atomic E-state index is 9.78. The summed E-state index contributed by atoms with van der Waals surface area (Å²) in [5.41, 5.74) is -0.0456. The van der Waals surface area contributed by atoms with Crippen molar-refractivity contribution in [2.45, 2.75) is 83.5 Å². The summed E-state index contributed by atoms with van der Waals surface area (Å²) in [6.07, 6.45) is 7.21. The number of rotatable bonds is 4. The molecule has 2 fully saturated rings. The Kier molecular flexibility index (Phi) is 4.29. The minimum atomic E-state index is -0.116. The molecule has 0 amide bonds. The van der Waals surface area contributed by atoms with Crippen LogP contribution in [0.3, 0.4) is 0 Å². The fourth-order valence-corrected chi connectivity index (χ4v) is 3.91. The quantitative estimate of drug-likeness (QED) is 0.824. The van der Waals surface area contributed by atoms with Gasteiger partial charge in [0, 0.05) is 24.6 Å². The van der Waals surface area contributed by atoms with E-state index in [1.165, 1.54) is 19.3 Å². The van der Waals surface area contributed by atoms with Crippen LogP contribution >= 0.6 is 0 Å². The molecule has 1 saturated heterocycles. The van der Waals surface area contributed by atoms with E-state index < -0.39 is 0 Å². The zero-order chi connectivity index (χ0) is 14.1. The van der Waals surface area contributed by atoms with E-state index in [4.69, 9.17) is 4.74 Å². The van der Waals surface area contributed by atoms with E-state index in [0.717, 1.165) is 25.8 Å². The maximum atomic E-state index is 9.78. The van der Waals surface area contributed by atoms with Gasteiger partial charge in [-0.2, -0.15) is 0 Å². The summed E-state index contributed by atoms with van der Waals surface area (Å²) < 4.78 is 6.13. The first-order valence-electron chi connectivity index (χ1n) is 7.83. The molecule has 2 N–H and O–H groups in total. The second kappa shape index (κ2) is 5.34. The molecule has 1 atom stereocenters. The van der Waals surface area contributed by atoms with Crippen LogP contribution in [0.2, 0.25) is 0 Å². The number of hydrogen-bond acceptors (Lipinski definition) is 3. The summed E-state index contributed by atoms with van der Waals surface area (Å²) in [6, 6.07) is 0.382. The number of hydrogen-bond donors (Lipinski definition) is 2. The Balaban J connectivity index is 1.94. The number of aliphatic hydroxyl groups excluding tert-OH is 1. The van der Waals surface area contributed by atoms with Gasteiger partial charge < -0.3 is 15.2 Å². The summed E-state index contributed by atoms with van der Waals surface area (Å²) in [7, 11) is 0. The van der Waals surface area contributed by atoms with E-state index in [1.807, 2.05) is 0 Å². The molecular weight excluding hydrogens is 238 g/mol. The molecule has 2 rings (SSSR count). The maximum Gasteiger partial charge on any atom is 0.0787 e. The summed E-state index contributed by atoms with van der Waals surface area (Å²) in [5, 5.41) is 13.5. The molecule has 1 saturated carbocycles. The second-order valence-corrected chi connectivity index (χ2v) is 7.82. The molecule has 0 aromatic carbocycles. The Hall–Kier alpha value is -0.120. The fourth-order valence-electron chi connectivity index (χ4n) is 3.91. The Morgan fingerprint density at radius 1 is 1.11 bits per heavy atom. The van der Waals surface area contributed by atoms with Gasteiger partial charge in [-0.25, -0.2) is 0 Å². The molecule has 112 valence electrons. The lowest BCUT2D eigenvalue weighted by Gasteiger charge is -2.38. The molecule has 1 aliphatic carbocycles. The topological polar surface area (TPSA) is 41.5 Å². The third-order valence-electron chi connectivity index (χ3n) is 5.05. The third-order valence-corrected chi connectivity index (χ3v) is 5.05. The predicted molar refractivity (Wildman–Crippen MR) is 78.3 cm³/mol. The highest BCUT2D eigenvalue weighted by atomic mass is 16.5. The van der Waals surface area contributed by atoms with Crippen molar-refractivity contribution in [1.29, 1.82) is 0 Å². The van der Waals surface area contributed by atoms with Crippen LogP contribution in [0.25, 0.3) is 0 Å². The average Bonchev–Trinajstić information content (AvgIpc) is 2.55. The van der Waals surface area contributed by atoms with Crippen LogP contribution in [0.5, 0.6) is 0 Å². The molecule has 0 aromatic heterocycles. The lowest BCUT2D eigenvalue weighted by molar-refractivity contribution is -0.0708. The van der Waals surface area contributed by atoms with Crippen molar-refractivity contribution >= 4 is 0 Å². The van der Waals surface area contributed by atoms with Gasteiger partial charge in [-0.05, 0) is 47.0 Å². The second-order valence-electron chi connectivity index (χ2n) is 7.82. The standard InChI is InChI=1S/C16H31NO2/c1-14(2)10-13(15(3,4)19-14)17-11-16(12-18)8-6-5-7-9-16/h13,17-18H,5-12H2,1-4H3. The Bertz CT molecular complexity index is 306. The predicted octanol–water partition coefficient (Wildman–Crippen LogP) is 2.86. The zero-order valence-corrected chi connectivity index (χ0v) is 13.1.